The zero-order valence-electron chi connectivity index (χ0n) is 21.0. The smallest absolute Gasteiger partial charge is 0.295 e. The Balaban J connectivity index is 1.70. The zero-order valence-corrected chi connectivity index (χ0v) is 21.8. The molecule has 1 atom stereocenters. The van der Waals surface area contributed by atoms with Crippen LogP contribution in [0.15, 0.2) is 48.0 Å². The van der Waals surface area contributed by atoms with Gasteiger partial charge in [-0.25, -0.2) is 0 Å². The number of benzene rings is 2. The number of carbonyl (C=O) groups is 2. The molecule has 192 valence electrons. The molecule has 2 aromatic carbocycles. The van der Waals surface area contributed by atoms with Gasteiger partial charge in [-0.2, -0.15) is 0 Å². The number of hydrogen-bond donors (Lipinski definition) is 1. The Morgan fingerprint density at radius 3 is 2.42 bits per heavy atom. The number of carbonyl (C=O) groups excluding carboxylic acids is 2. The molecule has 2 fully saturated rings. The second-order valence-corrected chi connectivity index (χ2v) is 9.88. The minimum atomic E-state index is -0.691. The number of aliphatic hydroxyl groups excluding tert-OH is 1. The lowest BCUT2D eigenvalue weighted by Crippen LogP contribution is -2.38. The van der Waals surface area contributed by atoms with E-state index in [2.05, 4.69) is 18.7 Å². The molecule has 2 aromatic rings. The third kappa shape index (κ3) is 5.43. The van der Waals surface area contributed by atoms with Crippen LogP contribution < -0.4 is 4.74 Å². The molecule has 1 amide bonds. The number of halogens is 1. The highest BCUT2D eigenvalue weighted by atomic mass is 35.5. The summed E-state index contributed by atoms with van der Waals surface area (Å²) in [6, 6.07) is 12.0. The molecule has 0 saturated carbocycles. The Labute approximate surface area is 217 Å². The molecule has 2 aliphatic heterocycles. The largest absolute Gasteiger partial charge is 0.507 e. The zero-order chi connectivity index (χ0) is 25.8. The van der Waals surface area contributed by atoms with Crippen LogP contribution in [0.3, 0.4) is 0 Å². The van der Waals surface area contributed by atoms with Gasteiger partial charge in [0.1, 0.15) is 11.5 Å². The topological polar surface area (TPSA) is 79.3 Å². The van der Waals surface area contributed by atoms with Gasteiger partial charge in [0.25, 0.3) is 11.7 Å². The summed E-state index contributed by atoms with van der Waals surface area (Å²) in [5, 5.41) is 11.6. The van der Waals surface area contributed by atoms with Crippen molar-refractivity contribution in [3.8, 4) is 5.75 Å². The number of nitrogens with zero attached hydrogens (tertiary/aromatic N) is 2. The van der Waals surface area contributed by atoms with E-state index in [-0.39, 0.29) is 11.3 Å². The van der Waals surface area contributed by atoms with Gasteiger partial charge in [0.2, 0.25) is 0 Å². The number of Topliss-reactive ketones (excluding diaryl/α,β-unsaturated/α-hetero) is 1. The number of rotatable bonds is 8. The van der Waals surface area contributed by atoms with Gasteiger partial charge in [-0.1, -0.05) is 49.7 Å². The summed E-state index contributed by atoms with van der Waals surface area (Å²) in [4.78, 5) is 30.4. The normalized spacial score (nSPS) is 20.4. The average Bonchev–Trinajstić information content (AvgIpc) is 3.14. The van der Waals surface area contributed by atoms with Crippen molar-refractivity contribution in [2.24, 2.45) is 0 Å². The molecule has 0 radical (unpaired) electrons. The summed E-state index contributed by atoms with van der Waals surface area (Å²) >= 11 is 6.28. The van der Waals surface area contributed by atoms with Crippen molar-refractivity contribution in [1.29, 1.82) is 0 Å². The third-order valence-electron chi connectivity index (χ3n) is 6.86. The lowest BCUT2D eigenvalue weighted by Gasteiger charge is -2.29. The average molecular weight is 513 g/mol. The van der Waals surface area contributed by atoms with Gasteiger partial charge in [-0.3, -0.25) is 14.5 Å². The van der Waals surface area contributed by atoms with Crippen LogP contribution in [0.1, 0.15) is 48.9 Å². The minimum absolute atomic E-state index is 0.0740. The predicted molar refractivity (Wildman–Crippen MR) is 139 cm³/mol. The molecule has 1 N–H and O–H groups in total. The van der Waals surface area contributed by atoms with Crippen molar-refractivity contribution in [2.75, 3.05) is 46.5 Å². The van der Waals surface area contributed by atoms with E-state index < -0.39 is 17.7 Å². The minimum Gasteiger partial charge on any atom is -0.507 e. The van der Waals surface area contributed by atoms with E-state index in [1.54, 1.807) is 23.1 Å². The number of methoxy groups -OCH3 is 1. The first kappa shape index (κ1) is 26.2. The Bertz CT molecular complexity index is 1140. The molecular formula is C28H33ClN2O5. The van der Waals surface area contributed by atoms with Gasteiger partial charge in [0.15, 0.2) is 0 Å². The van der Waals surface area contributed by atoms with Gasteiger partial charge >= 0.3 is 0 Å². The highest BCUT2D eigenvalue weighted by Gasteiger charge is 2.45. The SMILES string of the molecule is COc1ccc(C(O)=C2C(=O)C(=O)N(CCCN3CCOCC3)[C@H]2c2ccc(C(C)C)cc2)cc1Cl. The van der Waals surface area contributed by atoms with E-state index in [1.165, 1.54) is 7.11 Å². The molecule has 2 saturated heterocycles. The van der Waals surface area contributed by atoms with Crippen LogP contribution in [0.5, 0.6) is 5.75 Å². The summed E-state index contributed by atoms with van der Waals surface area (Å²) in [7, 11) is 1.50. The molecule has 4 rings (SSSR count). The molecule has 8 heteroatoms. The van der Waals surface area contributed by atoms with E-state index in [4.69, 9.17) is 21.1 Å². The van der Waals surface area contributed by atoms with E-state index >= 15 is 0 Å². The molecule has 2 aliphatic rings. The molecule has 0 spiro atoms. The first-order chi connectivity index (χ1) is 17.3. The van der Waals surface area contributed by atoms with Crippen molar-refractivity contribution in [1.82, 2.24) is 9.80 Å². The number of hydrogen-bond acceptors (Lipinski definition) is 6. The Morgan fingerprint density at radius 2 is 1.81 bits per heavy atom. The molecule has 36 heavy (non-hydrogen) atoms. The van der Waals surface area contributed by atoms with Crippen molar-refractivity contribution < 1.29 is 24.2 Å². The summed E-state index contributed by atoms with van der Waals surface area (Å²) in [5.74, 6) is -0.732. The molecule has 0 aromatic heterocycles. The monoisotopic (exact) mass is 512 g/mol. The lowest BCUT2D eigenvalue weighted by atomic mass is 9.93. The van der Waals surface area contributed by atoms with Crippen molar-refractivity contribution >= 4 is 29.1 Å². The molecule has 2 heterocycles. The fraction of sp³-hybridized carbons (Fsp3) is 0.429. The van der Waals surface area contributed by atoms with Gasteiger partial charge in [-0.15, -0.1) is 0 Å². The highest BCUT2D eigenvalue weighted by Crippen LogP contribution is 2.40. The maximum Gasteiger partial charge on any atom is 0.295 e. The number of ketones is 1. The molecule has 7 nitrogen and oxygen atoms in total. The second-order valence-electron chi connectivity index (χ2n) is 9.47. The van der Waals surface area contributed by atoms with Gasteiger partial charge in [0.05, 0.1) is 37.0 Å². The molecule has 0 bridgehead atoms. The van der Waals surface area contributed by atoms with Crippen LogP contribution in [0.2, 0.25) is 5.02 Å². The Hall–Kier alpha value is -2.87. The number of aliphatic hydroxyl groups is 1. The maximum absolute atomic E-state index is 13.3. The quantitative estimate of drug-likeness (QED) is 0.316. The predicted octanol–water partition coefficient (Wildman–Crippen LogP) is 4.62. The van der Waals surface area contributed by atoms with E-state index in [1.807, 2.05) is 24.3 Å². The first-order valence-electron chi connectivity index (χ1n) is 12.3. The fourth-order valence-electron chi connectivity index (χ4n) is 4.78. The summed E-state index contributed by atoms with van der Waals surface area (Å²) in [6.45, 7) is 8.56. The summed E-state index contributed by atoms with van der Waals surface area (Å²) in [5.41, 5.74) is 2.37. The second kappa shape index (κ2) is 11.5. The van der Waals surface area contributed by atoms with Gasteiger partial charge < -0.3 is 19.5 Å². The molecule has 0 unspecified atom stereocenters. The number of likely N-dealkylation sites (tertiary alicyclic amines) is 1. The number of amides is 1. The molecule has 0 aliphatic carbocycles. The van der Waals surface area contributed by atoms with Crippen LogP contribution in [0.4, 0.5) is 0 Å². The third-order valence-corrected chi connectivity index (χ3v) is 7.16. The van der Waals surface area contributed by atoms with Crippen LogP contribution in [0.25, 0.3) is 5.76 Å². The summed E-state index contributed by atoms with van der Waals surface area (Å²) < 4.78 is 10.6. The van der Waals surface area contributed by atoms with E-state index in [0.717, 1.165) is 30.8 Å². The van der Waals surface area contributed by atoms with E-state index in [0.29, 0.717) is 48.4 Å². The fourth-order valence-corrected chi connectivity index (χ4v) is 5.04. The van der Waals surface area contributed by atoms with Crippen molar-refractivity contribution in [3.05, 3.63) is 69.8 Å². The van der Waals surface area contributed by atoms with Gasteiger partial charge in [-0.05, 0) is 41.7 Å². The Kier molecular flexibility index (Phi) is 8.34. The highest BCUT2D eigenvalue weighted by molar-refractivity contribution is 6.46. The maximum atomic E-state index is 13.3. The van der Waals surface area contributed by atoms with Crippen molar-refractivity contribution in [2.45, 2.75) is 32.2 Å². The first-order valence-corrected chi connectivity index (χ1v) is 12.7. The van der Waals surface area contributed by atoms with Crippen LogP contribution in [-0.4, -0.2) is 73.1 Å². The number of ether oxygens (including phenoxy) is 2. The van der Waals surface area contributed by atoms with E-state index in [9.17, 15) is 14.7 Å². The summed E-state index contributed by atoms with van der Waals surface area (Å²) in [6.07, 6.45) is 0.710. The lowest BCUT2D eigenvalue weighted by molar-refractivity contribution is -0.140. The van der Waals surface area contributed by atoms with Crippen LogP contribution in [0, 0.1) is 0 Å². The molecular weight excluding hydrogens is 480 g/mol. The Morgan fingerprint density at radius 1 is 1.11 bits per heavy atom. The van der Waals surface area contributed by atoms with Crippen molar-refractivity contribution in [3.63, 3.8) is 0 Å². The van der Waals surface area contributed by atoms with Gasteiger partial charge in [0, 0.05) is 31.7 Å². The standard InChI is InChI=1S/C28H33ClN2O5/c1-18(2)19-5-7-20(8-6-19)25-24(26(32)21-9-10-23(35-3)22(29)17-21)27(33)28(34)31(25)12-4-11-30-13-15-36-16-14-30/h5-10,17-18,25,32H,4,11-16H2,1-3H3/t25-/m0/s1. The number of morpholine rings is 1. The van der Waals surface area contributed by atoms with Crippen LogP contribution in [-0.2, 0) is 14.3 Å². The van der Waals surface area contributed by atoms with Crippen LogP contribution >= 0.6 is 11.6 Å².